The van der Waals surface area contributed by atoms with Crippen LogP contribution in [0.5, 0.6) is 0 Å². The second kappa shape index (κ2) is 9.56. The monoisotopic (exact) mass is 292 g/mol. The lowest BCUT2D eigenvalue weighted by atomic mass is 10.1. The van der Waals surface area contributed by atoms with Crippen LogP contribution in [0, 0.1) is 19.8 Å². The Morgan fingerprint density at radius 1 is 1.00 bits per heavy atom. The lowest BCUT2D eigenvalue weighted by Crippen LogP contribution is -2.11. The summed E-state index contributed by atoms with van der Waals surface area (Å²) in [6.07, 6.45) is 3.51. The molecule has 0 unspecified atom stereocenters. The summed E-state index contributed by atoms with van der Waals surface area (Å²) in [5.41, 5.74) is 2.76. The fourth-order valence-electron chi connectivity index (χ4n) is 2.23. The maximum atomic E-state index is 11.9. The topological polar surface area (TPSA) is 35.5 Å². The molecule has 118 valence electrons. The Labute approximate surface area is 128 Å². The first-order valence-electron chi connectivity index (χ1n) is 7.82. The molecule has 0 aromatic heterocycles. The lowest BCUT2D eigenvalue weighted by molar-refractivity contribution is 0.0311. The van der Waals surface area contributed by atoms with E-state index in [4.69, 9.17) is 9.47 Å². The van der Waals surface area contributed by atoms with E-state index in [0.29, 0.717) is 18.8 Å². The Morgan fingerprint density at radius 3 is 2.29 bits per heavy atom. The van der Waals surface area contributed by atoms with Crippen molar-refractivity contribution in [2.24, 2.45) is 5.92 Å². The summed E-state index contributed by atoms with van der Waals surface area (Å²) >= 11 is 0. The van der Waals surface area contributed by atoms with Gasteiger partial charge in [0.1, 0.15) is 6.61 Å². The quantitative estimate of drug-likeness (QED) is 0.503. The van der Waals surface area contributed by atoms with Crippen LogP contribution in [0.4, 0.5) is 0 Å². The van der Waals surface area contributed by atoms with Crippen LogP contribution in [-0.4, -0.2) is 25.8 Å². The number of carbonyl (C=O) groups is 1. The molecule has 0 spiro atoms. The SMILES string of the molecule is Cc1cc(C)cc(C(=O)OCCOCCCCC(C)C)c1. The Morgan fingerprint density at radius 2 is 1.67 bits per heavy atom. The van der Waals surface area contributed by atoms with Crippen LogP contribution in [0.25, 0.3) is 0 Å². The third kappa shape index (κ3) is 7.86. The van der Waals surface area contributed by atoms with Gasteiger partial charge < -0.3 is 9.47 Å². The van der Waals surface area contributed by atoms with E-state index in [1.165, 1.54) is 12.8 Å². The van der Waals surface area contributed by atoms with Crippen LogP contribution in [-0.2, 0) is 9.47 Å². The van der Waals surface area contributed by atoms with Gasteiger partial charge in [-0.25, -0.2) is 4.79 Å². The molecule has 3 nitrogen and oxygen atoms in total. The van der Waals surface area contributed by atoms with E-state index in [1.807, 2.05) is 32.0 Å². The summed E-state index contributed by atoms with van der Waals surface area (Å²) in [7, 11) is 0. The minimum absolute atomic E-state index is 0.273. The first-order chi connectivity index (χ1) is 9.99. The van der Waals surface area contributed by atoms with Crippen molar-refractivity contribution in [3.63, 3.8) is 0 Å². The first kappa shape index (κ1) is 17.7. The molecule has 1 rings (SSSR count). The molecule has 0 bridgehead atoms. The molecule has 3 heteroatoms. The van der Waals surface area contributed by atoms with Gasteiger partial charge in [0.2, 0.25) is 0 Å². The van der Waals surface area contributed by atoms with Gasteiger partial charge in [-0.2, -0.15) is 0 Å². The number of esters is 1. The van der Waals surface area contributed by atoms with Crippen molar-refractivity contribution in [3.8, 4) is 0 Å². The van der Waals surface area contributed by atoms with E-state index in [9.17, 15) is 4.79 Å². The molecule has 0 N–H and O–H groups in total. The molecule has 1 aromatic carbocycles. The van der Waals surface area contributed by atoms with Crippen molar-refractivity contribution in [2.45, 2.75) is 47.0 Å². The van der Waals surface area contributed by atoms with E-state index < -0.39 is 0 Å². The van der Waals surface area contributed by atoms with Crippen molar-refractivity contribution in [1.82, 2.24) is 0 Å². The van der Waals surface area contributed by atoms with E-state index in [0.717, 1.165) is 30.1 Å². The van der Waals surface area contributed by atoms with Gasteiger partial charge in [0.15, 0.2) is 0 Å². The van der Waals surface area contributed by atoms with Gasteiger partial charge in [-0.15, -0.1) is 0 Å². The molecular formula is C18H28O3. The predicted molar refractivity (Wildman–Crippen MR) is 85.7 cm³/mol. The van der Waals surface area contributed by atoms with Gasteiger partial charge in [-0.3, -0.25) is 0 Å². The Kier molecular flexibility index (Phi) is 8.06. The molecule has 0 amide bonds. The average Bonchev–Trinajstić information content (AvgIpc) is 2.40. The minimum atomic E-state index is -0.273. The largest absolute Gasteiger partial charge is 0.460 e. The molecule has 0 saturated carbocycles. The van der Waals surface area contributed by atoms with Crippen molar-refractivity contribution in [1.29, 1.82) is 0 Å². The number of benzene rings is 1. The zero-order chi connectivity index (χ0) is 15.7. The number of unbranched alkanes of at least 4 members (excludes halogenated alkanes) is 1. The number of aryl methyl sites for hydroxylation is 2. The maximum absolute atomic E-state index is 11.9. The predicted octanol–water partition coefficient (Wildman–Crippen LogP) is 4.30. The van der Waals surface area contributed by atoms with Gasteiger partial charge in [-0.05, 0) is 38.3 Å². The highest BCUT2D eigenvalue weighted by Crippen LogP contribution is 2.10. The smallest absolute Gasteiger partial charge is 0.338 e. The second-order valence-corrected chi connectivity index (χ2v) is 6.01. The Balaban J connectivity index is 2.13. The van der Waals surface area contributed by atoms with Crippen molar-refractivity contribution < 1.29 is 14.3 Å². The van der Waals surface area contributed by atoms with Crippen LogP contribution in [0.1, 0.15) is 54.6 Å². The van der Waals surface area contributed by atoms with Crippen LogP contribution in [0.2, 0.25) is 0 Å². The number of carbonyl (C=O) groups excluding carboxylic acids is 1. The van der Waals surface area contributed by atoms with Crippen molar-refractivity contribution in [3.05, 3.63) is 34.9 Å². The van der Waals surface area contributed by atoms with Crippen LogP contribution in [0.3, 0.4) is 0 Å². The molecular weight excluding hydrogens is 264 g/mol. The van der Waals surface area contributed by atoms with Gasteiger partial charge in [0, 0.05) is 6.61 Å². The number of hydrogen-bond acceptors (Lipinski definition) is 3. The highest BCUT2D eigenvalue weighted by Gasteiger charge is 2.07. The number of hydrogen-bond donors (Lipinski definition) is 0. The lowest BCUT2D eigenvalue weighted by Gasteiger charge is -2.08. The molecule has 21 heavy (non-hydrogen) atoms. The fraction of sp³-hybridized carbons (Fsp3) is 0.611. The molecule has 1 aromatic rings. The molecule has 0 radical (unpaired) electrons. The Bertz CT molecular complexity index is 418. The van der Waals surface area contributed by atoms with Crippen molar-refractivity contribution >= 4 is 5.97 Å². The van der Waals surface area contributed by atoms with Gasteiger partial charge in [-0.1, -0.05) is 43.9 Å². The van der Waals surface area contributed by atoms with E-state index >= 15 is 0 Å². The van der Waals surface area contributed by atoms with Crippen molar-refractivity contribution in [2.75, 3.05) is 19.8 Å². The highest BCUT2D eigenvalue weighted by atomic mass is 16.6. The summed E-state index contributed by atoms with van der Waals surface area (Å²) in [6.45, 7) is 9.94. The zero-order valence-corrected chi connectivity index (χ0v) is 13.8. The van der Waals surface area contributed by atoms with E-state index in [1.54, 1.807) is 0 Å². The molecule has 0 aliphatic rings. The van der Waals surface area contributed by atoms with Crippen LogP contribution >= 0.6 is 0 Å². The molecule has 0 saturated heterocycles. The summed E-state index contributed by atoms with van der Waals surface area (Å²) in [5.74, 6) is 0.481. The standard InChI is InChI=1S/C18H28O3/c1-14(2)7-5-6-8-20-9-10-21-18(19)17-12-15(3)11-16(4)13-17/h11-14H,5-10H2,1-4H3. The normalized spacial score (nSPS) is 10.9. The Hall–Kier alpha value is -1.35. The van der Waals surface area contributed by atoms with E-state index in [-0.39, 0.29) is 5.97 Å². The molecule has 0 atom stereocenters. The molecule has 0 aliphatic heterocycles. The average molecular weight is 292 g/mol. The van der Waals surface area contributed by atoms with Gasteiger partial charge in [0.05, 0.1) is 12.2 Å². The number of ether oxygens (including phenoxy) is 2. The number of rotatable bonds is 9. The van der Waals surface area contributed by atoms with E-state index in [2.05, 4.69) is 13.8 Å². The summed E-state index contributed by atoms with van der Waals surface area (Å²) < 4.78 is 10.7. The van der Waals surface area contributed by atoms with Crippen LogP contribution in [0.15, 0.2) is 18.2 Å². The third-order valence-corrected chi connectivity index (χ3v) is 3.24. The van der Waals surface area contributed by atoms with Crippen LogP contribution < -0.4 is 0 Å². The molecule has 0 aliphatic carbocycles. The third-order valence-electron chi connectivity index (χ3n) is 3.24. The summed E-state index contributed by atoms with van der Waals surface area (Å²) in [6, 6.07) is 5.74. The first-order valence-corrected chi connectivity index (χ1v) is 7.82. The molecule has 0 heterocycles. The van der Waals surface area contributed by atoms with Gasteiger partial charge in [0.25, 0.3) is 0 Å². The minimum Gasteiger partial charge on any atom is -0.460 e. The highest BCUT2D eigenvalue weighted by molar-refractivity contribution is 5.89. The molecule has 0 fully saturated rings. The summed E-state index contributed by atoms with van der Waals surface area (Å²) in [4.78, 5) is 11.9. The summed E-state index contributed by atoms with van der Waals surface area (Å²) in [5, 5.41) is 0. The maximum Gasteiger partial charge on any atom is 0.338 e. The second-order valence-electron chi connectivity index (χ2n) is 6.01. The zero-order valence-electron chi connectivity index (χ0n) is 13.8. The fourth-order valence-corrected chi connectivity index (χ4v) is 2.23. The van der Waals surface area contributed by atoms with Gasteiger partial charge >= 0.3 is 5.97 Å².